The molecule has 0 saturated heterocycles. The lowest BCUT2D eigenvalue weighted by molar-refractivity contribution is -0.124. The molecule has 3 N–H and O–H groups in total. The summed E-state index contributed by atoms with van der Waals surface area (Å²) in [4.78, 5) is 23.6. The van der Waals surface area contributed by atoms with Gasteiger partial charge in [0.05, 0.1) is 5.41 Å². The molecule has 23 heavy (non-hydrogen) atoms. The summed E-state index contributed by atoms with van der Waals surface area (Å²) in [5.41, 5.74) is 5.07. The monoisotopic (exact) mass is 316 g/mol. The predicted octanol–water partition coefficient (Wildman–Crippen LogP) is 1.57. The van der Waals surface area contributed by atoms with Crippen LogP contribution in [-0.4, -0.2) is 21.6 Å². The van der Waals surface area contributed by atoms with Gasteiger partial charge in [0, 0.05) is 12.3 Å². The Kier molecular flexibility index (Phi) is 3.85. The zero-order valence-electron chi connectivity index (χ0n) is 12.5. The van der Waals surface area contributed by atoms with E-state index in [1.54, 1.807) is 24.4 Å². The first-order valence-corrected chi connectivity index (χ1v) is 7.39. The van der Waals surface area contributed by atoms with E-state index in [2.05, 4.69) is 10.4 Å². The van der Waals surface area contributed by atoms with E-state index in [0.717, 1.165) is 6.42 Å². The molecule has 1 aliphatic rings. The van der Waals surface area contributed by atoms with E-state index < -0.39 is 11.3 Å². The number of anilines is 1. The number of benzene rings is 1. The highest BCUT2D eigenvalue weighted by atomic mass is 19.1. The van der Waals surface area contributed by atoms with E-state index in [1.807, 2.05) is 0 Å². The summed E-state index contributed by atoms with van der Waals surface area (Å²) < 4.78 is 14.8. The van der Waals surface area contributed by atoms with Gasteiger partial charge in [-0.3, -0.25) is 14.3 Å². The number of nitrogens with one attached hydrogen (secondary N) is 1. The van der Waals surface area contributed by atoms with E-state index in [4.69, 9.17) is 5.73 Å². The van der Waals surface area contributed by atoms with Crippen LogP contribution in [0, 0.1) is 5.82 Å². The number of hydrogen-bond acceptors (Lipinski definition) is 3. The summed E-state index contributed by atoms with van der Waals surface area (Å²) in [5.74, 6) is -0.730. The highest BCUT2D eigenvalue weighted by molar-refractivity contribution is 5.99. The molecule has 120 valence electrons. The molecule has 0 spiro atoms. The highest BCUT2D eigenvalue weighted by Gasteiger charge is 2.45. The number of hydrogen-bond donors (Lipinski definition) is 2. The number of rotatable bonds is 5. The van der Waals surface area contributed by atoms with E-state index >= 15 is 0 Å². The van der Waals surface area contributed by atoms with Crippen LogP contribution in [0.2, 0.25) is 0 Å². The molecule has 3 rings (SSSR count). The van der Waals surface area contributed by atoms with E-state index in [9.17, 15) is 14.0 Å². The van der Waals surface area contributed by atoms with E-state index in [0.29, 0.717) is 24.2 Å². The molecule has 1 aromatic heterocycles. The molecule has 0 bridgehead atoms. The maximum Gasteiger partial charge on any atom is 0.239 e. The third-order valence-electron chi connectivity index (χ3n) is 4.22. The Morgan fingerprint density at radius 2 is 2.13 bits per heavy atom. The number of nitrogens with zero attached hydrogens (tertiary/aromatic N) is 2. The summed E-state index contributed by atoms with van der Waals surface area (Å²) in [6.07, 6.45) is 3.82. The number of nitrogens with two attached hydrogens (primary N) is 1. The highest BCUT2D eigenvalue weighted by Crippen LogP contribution is 2.44. The predicted molar refractivity (Wildman–Crippen MR) is 82.0 cm³/mol. The van der Waals surface area contributed by atoms with Crippen molar-refractivity contribution < 1.29 is 14.0 Å². The molecule has 1 fully saturated rings. The molecule has 1 aliphatic carbocycles. The van der Waals surface area contributed by atoms with Crippen molar-refractivity contribution in [1.29, 1.82) is 0 Å². The number of aromatic nitrogens is 2. The van der Waals surface area contributed by atoms with Crippen molar-refractivity contribution in [3.8, 4) is 0 Å². The topological polar surface area (TPSA) is 90.0 Å². The Morgan fingerprint density at radius 3 is 2.74 bits per heavy atom. The maximum atomic E-state index is 13.5. The third kappa shape index (κ3) is 2.94. The molecule has 1 heterocycles. The number of amides is 2. The second-order valence-electron chi connectivity index (χ2n) is 5.77. The van der Waals surface area contributed by atoms with Gasteiger partial charge < -0.3 is 11.1 Å². The molecule has 0 atom stereocenters. The van der Waals surface area contributed by atoms with Gasteiger partial charge in [0.2, 0.25) is 11.8 Å². The minimum atomic E-state index is -0.713. The second kappa shape index (κ2) is 5.83. The number of carbonyl (C=O) groups is 2. The molecular formula is C16H17FN4O2. The fourth-order valence-corrected chi connectivity index (χ4v) is 2.88. The van der Waals surface area contributed by atoms with Gasteiger partial charge in [-0.15, -0.1) is 0 Å². The lowest BCUT2D eigenvalue weighted by Gasteiger charge is -2.40. The molecule has 2 aromatic rings. The normalized spacial score (nSPS) is 15.7. The van der Waals surface area contributed by atoms with Crippen LogP contribution in [0.4, 0.5) is 10.2 Å². The molecule has 0 radical (unpaired) electrons. The number of halogens is 1. The Hall–Kier alpha value is -2.70. The molecule has 0 aliphatic heterocycles. The summed E-state index contributed by atoms with van der Waals surface area (Å²) in [5, 5.41) is 6.83. The number of primary amides is 1. The minimum absolute atomic E-state index is 0.0507. The van der Waals surface area contributed by atoms with E-state index in [1.165, 1.54) is 16.8 Å². The van der Waals surface area contributed by atoms with Gasteiger partial charge in [-0.1, -0.05) is 18.6 Å². The van der Waals surface area contributed by atoms with Gasteiger partial charge in [0.1, 0.15) is 12.4 Å². The summed E-state index contributed by atoms with van der Waals surface area (Å²) in [6.45, 7) is -0.0507. The minimum Gasteiger partial charge on any atom is -0.368 e. The van der Waals surface area contributed by atoms with Crippen LogP contribution in [0.3, 0.4) is 0 Å². The van der Waals surface area contributed by atoms with Crippen molar-refractivity contribution in [1.82, 2.24) is 9.78 Å². The molecule has 2 amide bonds. The fourth-order valence-electron chi connectivity index (χ4n) is 2.88. The fraction of sp³-hybridized carbons (Fsp3) is 0.312. The number of carbonyl (C=O) groups excluding carboxylic acids is 2. The SMILES string of the molecule is NC(=O)Cn1ccc(NC(=O)C2(c3cccc(F)c3)CCC2)n1. The Bertz CT molecular complexity index is 752. The van der Waals surface area contributed by atoms with Gasteiger partial charge in [-0.25, -0.2) is 4.39 Å². The van der Waals surface area contributed by atoms with Crippen LogP contribution in [0.1, 0.15) is 24.8 Å². The van der Waals surface area contributed by atoms with Crippen molar-refractivity contribution in [3.63, 3.8) is 0 Å². The van der Waals surface area contributed by atoms with Crippen molar-refractivity contribution in [2.75, 3.05) is 5.32 Å². The third-order valence-corrected chi connectivity index (χ3v) is 4.22. The van der Waals surface area contributed by atoms with Crippen LogP contribution >= 0.6 is 0 Å². The standard InChI is InChI=1S/C16H17FN4O2/c17-12-4-1-3-11(9-12)16(6-2-7-16)15(23)19-14-5-8-21(20-14)10-13(18)22/h1,3-5,8-9H,2,6-7,10H2,(H2,18,22)(H,19,20,23). The van der Waals surface area contributed by atoms with Gasteiger partial charge in [-0.2, -0.15) is 5.10 Å². The largest absolute Gasteiger partial charge is 0.368 e. The lowest BCUT2D eigenvalue weighted by Crippen LogP contribution is -2.46. The summed E-state index contributed by atoms with van der Waals surface area (Å²) in [6, 6.07) is 7.75. The Balaban J connectivity index is 1.78. The van der Waals surface area contributed by atoms with Gasteiger partial charge >= 0.3 is 0 Å². The molecule has 1 aromatic carbocycles. The summed E-state index contributed by atoms with van der Waals surface area (Å²) >= 11 is 0. The van der Waals surface area contributed by atoms with Crippen LogP contribution < -0.4 is 11.1 Å². The molecular weight excluding hydrogens is 299 g/mol. The van der Waals surface area contributed by atoms with Gasteiger partial charge in [0.25, 0.3) is 0 Å². The van der Waals surface area contributed by atoms with Gasteiger partial charge in [0.15, 0.2) is 5.82 Å². The van der Waals surface area contributed by atoms with Crippen molar-refractivity contribution in [3.05, 3.63) is 47.9 Å². The molecule has 1 saturated carbocycles. The first-order chi connectivity index (χ1) is 11.0. The Morgan fingerprint density at radius 1 is 1.35 bits per heavy atom. The first kappa shape index (κ1) is 15.2. The van der Waals surface area contributed by atoms with Crippen molar-refractivity contribution >= 4 is 17.6 Å². The molecule has 0 unspecified atom stereocenters. The quantitative estimate of drug-likeness (QED) is 0.877. The zero-order chi connectivity index (χ0) is 16.4. The zero-order valence-corrected chi connectivity index (χ0v) is 12.5. The van der Waals surface area contributed by atoms with Crippen LogP contribution in [0.5, 0.6) is 0 Å². The van der Waals surface area contributed by atoms with Crippen molar-refractivity contribution in [2.24, 2.45) is 5.73 Å². The van der Waals surface area contributed by atoms with Crippen molar-refractivity contribution in [2.45, 2.75) is 31.2 Å². The smallest absolute Gasteiger partial charge is 0.239 e. The molecule has 7 heteroatoms. The van der Waals surface area contributed by atoms with Crippen LogP contribution in [0.15, 0.2) is 36.5 Å². The van der Waals surface area contributed by atoms with E-state index in [-0.39, 0.29) is 18.3 Å². The second-order valence-corrected chi connectivity index (χ2v) is 5.77. The van der Waals surface area contributed by atoms with Crippen LogP contribution in [-0.2, 0) is 21.5 Å². The molecule has 6 nitrogen and oxygen atoms in total. The lowest BCUT2D eigenvalue weighted by atomic mass is 9.64. The van der Waals surface area contributed by atoms with Crippen LogP contribution in [0.25, 0.3) is 0 Å². The average Bonchev–Trinajstić information content (AvgIpc) is 2.83. The van der Waals surface area contributed by atoms with Gasteiger partial charge in [-0.05, 0) is 30.5 Å². The summed E-state index contributed by atoms with van der Waals surface area (Å²) in [7, 11) is 0. The first-order valence-electron chi connectivity index (χ1n) is 7.39. The average molecular weight is 316 g/mol. The maximum absolute atomic E-state index is 13.5. The Labute approximate surface area is 132 Å².